The molecule has 84 valence electrons. The van der Waals surface area contributed by atoms with Crippen molar-refractivity contribution in [3.63, 3.8) is 0 Å². The van der Waals surface area contributed by atoms with Gasteiger partial charge in [-0.3, -0.25) is 0 Å². The molecule has 1 aromatic carbocycles. The molecule has 0 aliphatic rings. The highest BCUT2D eigenvalue weighted by atomic mass is 35.7. The van der Waals surface area contributed by atoms with E-state index in [2.05, 4.69) is 5.16 Å². The first kappa shape index (κ1) is 11.4. The molecule has 0 bridgehead atoms. The van der Waals surface area contributed by atoms with Gasteiger partial charge < -0.3 is 4.52 Å². The number of rotatable bonds is 2. The molecule has 0 fully saturated rings. The SMILES string of the molecule is O=S(=O)(Cl)c1ccc(Cl)cc1-c1ccno1. The highest BCUT2D eigenvalue weighted by Crippen LogP contribution is 2.31. The van der Waals surface area contributed by atoms with Crippen molar-refractivity contribution in [2.75, 3.05) is 0 Å². The van der Waals surface area contributed by atoms with E-state index >= 15 is 0 Å². The number of halogens is 2. The van der Waals surface area contributed by atoms with Gasteiger partial charge in [-0.1, -0.05) is 16.8 Å². The van der Waals surface area contributed by atoms with E-state index in [4.69, 9.17) is 26.8 Å². The van der Waals surface area contributed by atoms with Gasteiger partial charge in [0.1, 0.15) is 0 Å². The van der Waals surface area contributed by atoms with Gasteiger partial charge in [0.2, 0.25) is 0 Å². The summed E-state index contributed by atoms with van der Waals surface area (Å²) in [6.07, 6.45) is 1.40. The highest BCUT2D eigenvalue weighted by molar-refractivity contribution is 8.13. The fraction of sp³-hybridized carbons (Fsp3) is 0. The van der Waals surface area contributed by atoms with Crippen molar-refractivity contribution in [2.45, 2.75) is 4.90 Å². The summed E-state index contributed by atoms with van der Waals surface area (Å²) in [4.78, 5) is -0.0599. The molecule has 0 aliphatic heterocycles. The van der Waals surface area contributed by atoms with Gasteiger partial charge in [0.05, 0.1) is 11.1 Å². The molecule has 4 nitrogen and oxygen atoms in total. The van der Waals surface area contributed by atoms with Crippen LogP contribution in [0.25, 0.3) is 11.3 Å². The van der Waals surface area contributed by atoms with Gasteiger partial charge in [-0.25, -0.2) is 8.42 Å². The molecule has 7 heteroatoms. The molecule has 0 N–H and O–H groups in total. The number of benzene rings is 1. The third-order valence-corrected chi connectivity index (χ3v) is 3.52. The van der Waals surface area contributed by atoms with Crippen molar-refractivity contribution in [1.82, 2.24) is 5.16 Å². The lowest BCUT2D eigenvalue weighted by Gasteiger charge is -2.03. The summed E-state index contributed by atoms with van der Waals surface area (Å²) in [6.45, 7) is 0. The van der Waals surface area contributed by atoms with Crippen molar-refractivity contribution in [2.24, 2.45) is 0 Å². The molecule has 1 aromatic heterocycles. The van der Waals surface area contributed by atoms with E-state index in [-0.39, 0.29) is 4.90 Å². The Labute approximate surface area is 101 Å². The number of hydrogen-bond donors (Lipinski definition) is 0. The summed E-state index contributed by atoms with van der Waals surface area (Å²) in [5.74, 6) is 0.293. The average molecular weight is 278 g/mol. The fourth-order valence-electron chi connectivity index (χ4n) is 1.26. The molecule has 0 saturated carbocycles. The molecule has 0 saturated heterocycles. The predicted molar refractivity (Wildman–Crippen MR) is 60.0 cm³/mol. The van der Waals surface area contributed by atoms with E-state index in [9.17, 15) is 8.42 Å². The average Bonchev–Trinajstić information content (AvgIpc) is 2.68. The van der Waals surface area contributed by atoms with Crippen LogP contribution in [-0.2, 0) is 9.05 Å². The lowest BCUT2D eigenvalue weighted by atomic mass is 10.2. The van der Waals surface area contributed by atoms with Crippen LogP contribution in [0, 0.1) is 0 Å². The minimum absolute atomic E-state index is 0.0599. The van der Waals surface area contributed by atoms with E-state index in [1.54, 1.807) is 0 Å². The summed E-state index contributed by atoms with van der Waals surface area (Å²) in [7, 11) is 1.45. The molecule has 0 unspecified atom stereocenters. The zero-order valence-electron chi connectivity index (χ0n) is 7.72. The van der Waals surface area contributed by atoms with Crippen LogP contribution in [0.1, 0.15) is 0 Å². The summed E-state index contributed by atoms with van der Waals surface area (Å²) in [5.41, 5.74) is 0.292. The van der Waals surface area contributed by atoms with Crippen LogP contribution in [0.4, 0.5) is 0 Å². The van der Waals surface area contributed by atoms with Gasteiger partial charge in [-0.2, -0.15) is 0 Å². The summed E-state index contributed by atoms with van der Waals surface area (Å²) >= 11 is 5.78. The maximum atomic E-state index is 11.3. The largest absolute Gasteiger partial charge is 0.356 e. The minimum Gasteiger partial charge on any atom is -0.356 e. The second-order valence-electron chi connectivity index (χ2n) is 2.96. The second-order valence-corrected chi connectivity index (χ2v) is 5.93. The molecule has 1 heterocycles. The van der Waals surface area contributed by atoms with Crippen LogP contribution in [0.2, 0.25) is 5.02 Å². The smallest absolute Gasteiger partial charge is 0.262 e. The van der Waals surface area contributed by atoms with E-state index in [1.165, 1.54) is 30.5 Å². The number of nitrogens with zero attached hydrogens (tertiary/aromatic N) is 1. The summed E-state index contributed by atoms with van der Waals surface area (Å²) < 4.78 is 27.5. The number of hydrogen-bond acceptors (Lipinski definition) is 4. The second kappa shape index (κ2) is 4.08. The molecule has 2 rings (SSSR count). The Morgan fingerprint density at radius 1 is 1.25 bits per heavy atom. The molecule has 16 heavy (non-hydrogen) atoms. The maximum Gasteiger partial charge on any atom is 0.262 e. The Kier molecular flexibility index (Phi) is 2.92. The van der Waals surface area contributed by atoms with Gasteiger partial charge in [-0.05, 0) is 18.2 Å². The molecule has 0 amide bonds. The van der Waals surface area contributed by atoms with Gasteiger partial charge in [0.15, 0.2) is 5.76 Å². The maximum absolute atomic E-state index is 11.3. The van der Waals surface area contributed by atoms with Crippen LogP contribution in [0.3, 0.4) is 0 Å². The van der Waals surface area contributed by atoms with Gasteiger partial charge in [-0.15, -0.1) is 0 Å². The predicted octanol–water partition coefficient (Wildman–Crippen LogP) is 2.92. The first-order valence-electron chi connectivity index (χ1n) is 4.14. The quantitative estimate of drug-likeness (QED) is 0.792. The van der Waals surface area contributed by atoms with Crippen LogP contribution in [0.5, 0.6) is 0 Å². The fourth-order valence-corrected chi connectivity index (χ4v) is 2.49. The van der Waals surface area contributed by atoms with E-state index in [1.807, 2.05) is 0 Å². The normalized spacial score (nSPS) is 11.6. The van der Waals surface area contributed by atoms with Gasteiger partial charge in [0.25, 0.3) is 9.05 Å². The molecule has 0 atom stereocenters. The lowest BCUT2D eigenvalue weighted by molar-refractivity contribution is 0.431. The van der Waals surface area contributed by atoms with Gasteiger partial charge >= 0.3 is 0 Å². The van der Waals surface area contributed by atoms with Crippen molar-refractivity contribution in [3.8, 4) is 11.3 Å². The zero-order chi connectivity index (χ0) is 11.8. The summed E-state index contributed by atoms with van der Waals surface area (Å²) in [5, 5.41) is 3.88. The van der Waals surface area contributed by atoms with Gasteiger partial charge in [0, 0.05) is 27.3 Å². The van der Waals surface area contributed by atoms with Crippen LogP contribution >= 0.6 is 22.3 Å². The lowest BCUT2D eigenvalue weighted by Crippen LogP contribution is -1.94. The highest BCUT2D eigenvalue weighted by Gasteiger charge is 2.19. The third kappa shape index (κ3) is 2.21. The van der Waals surface area contributed by atoms with Crippen molar-refractivity contribution >= 4 is 31.3 Å². The molecule has 2 aromatic rings. The van der Waals surface area contributed by atoms with Crippen molar-refractivity contribution in [1.29, 1.82) is 0 Å². The number of aromatic nitrogens is 1. The monoisotopic (exact) mass is 277 g/mol. The first-order chi connectivity index (χ1) is 7.48. The Hall–Kier alpha value is -1.04. The zero-order valence-corrected chi connectivity index (χ0v) is 10.1. The third-order valence-electron chi connectivity index (χ3n) is 1.91. The van der Waals surface area contributed by atoms with E-state index < -0.39 is 9.05 Å². The van der Waals surface area contributed by atoms with Crippen LogP contribution in [-0.4, -0.2) is 13.6 Å². The minimum atomic E-state index is -3.85. The van der Waals surface area contributed by atoms with E-state index in [0.717, 1.165) is 0 Å². The van der Waals surface area contributed by atoms with Crippen molar-refractivity contribution < 1.29 is 12.9 Å². The topological polar surface area (TPSA) is 60.2 Å². The molecular weight excluding hydrogens is 273 g/mol. The Balaban J connectivity index is 2.73. The summed E-state index contributed by atoms with van der Waals surface area (Å²) in [6, 6.07) is 5.74. The molecule has 0 radical (unpaired) electrons. The molecule has 0 spiro atoms. The Bertz CT molecular complexity index is 608. The van der Waals surface area contributed by atoms with Crippen molar-refractivity contribution in [3.05, 3.63) is 35.5 Å². The Morgan fingerprint density at radius 3 is 2.56 bits per heavy atom. The van der Waals surface area contributed by atoms with Crippen LogP contribution in [0.15, 0.2) is 39.9 Å². The first-order valence-corrected chi connectivity index (χ1v) is 6.82. The van der Waals surface area contributed by atoms with Crippen LogP contribution < -0.4 is 0 Å². The Morgan fingerprint density at radius 2 is 2.00 bits per heavy atom. The molecule has 0 aliphatic carbocycles. The molecular formula is C9H5Cl2NO3S. The van der Waals surface area contributed by atoms with E-state index in [0.29, 0.717) is 16.3 Å². The standard InChI is InChI=1S/C9H5Cl2NO3S/c10-6-1-2-9(16(11,13)14)7(5-6)8-3-4-12-15-8/h1-5H.